The summed E-state index contributed by atoms with van der Waals surface area (Å²) in [6.45, 7) is 2.20. The lowest BCUT2D eigenvalue weighted by Crippen LogP contribution is -2.44. The molecule has 0 saturated carbocycles. The van der Waals surface area contributed by atoms with Crippen LogP contribution in [0, 0.1) is 0 Å². The summed E-state index contributed by atoms with van der Waals surface area (Å²) >= 11 is 4.71. The predicted octanol–water partition coefficient (Wildman–Crippen LogP) is 5.93. The zero-order valence-electron chi connectivity index (χ0n) is 25.2. The molecule has 1 amide bonds. The Morgan fingerprint density at radius 2 is 1.80 bits per heavy atom. The Hall–Kier alpha value is -4.33. The molecule has 1 fully saturated rings. The summed E-state index contributed by atoms with van der Waals surface area (Å²) in [5, 5.41) is 10.1. The van der Waals surface area contributed by atoms with Gasteiger partial charge in [0.1, 0.15) is 34.6 Å². The number of thiocarbonyl (C=S) groups is 1. The molecule has 2 heterocycles. The number of carboxylic acids is 1. The fraction of sp³-hybridized carbons (Fsp3) is 0.333. The number of hydrogen-bond acceptors (Lipinski definition) is 8. The van der Waals surface area contributed by atoms with Crippen LogP contribution < -0.4 is 9.47 Å². The van der Waals surface area contributed by atoms with E-state index >= 15 is 0 Å². The minimum absolute atomic E-state index is 0.0998. The number of imidazole rings is 1. The van der Waals surface area contributed by atoms with E-state index in [-0.39, 0.29) is 23.8 Å². The first-order chi connectivity index (χ1) is 22.1. The molecule has 13 heteroatoms. The molecule has 4 aromatic rings. The molecule has 46 heavy (non-hydrogen) atoms. The maximum atomic E-state index is 14.3. The lowest BCUT2D eigenvalue weighted by atomic mass is 10.0. The Morgan fingerprint density at radius 1 is 1.07 bits per heavy atom. The number of amides is 1. The summed E-state index contributed by atoms with van der Waals surface area (Å²) in [5.41, 5.74) is 3.16. The normalized spacial score (nSPS) is 17.1. The fourth-order valence-electron chi connectivity index (χ4n) is 5.92. The summed E-state index contributed by atoms with van der Waals surface area (Å²) < 4.78 is 46.8. The number of carbonyl (C=O) groups is 2. The van der Waals surface area contributed by atoms with Crippen molar-refractivity contribution in [2.75, 3.05) is 6.54 Å². The molecule has 1 aliphatic heterocycles. The third-order valence-corrected chi connectivity index (χ3v) is 9.15. The highest BCUT2D eigenvalue weighted by molar-refractivity contribution is 7.86. The maximum Gasteiger partial charge on any atom is 0.326 e. The van der Waals surface area contributed by atoms with E-state index in [1.165, 1.54) is 17.0 Å². The number of ether oxygens (including phenoxy) is 2. The summed E-state index contributed by atoms with van der Waals surface area (Å²) in [4.78, 5) is 32.3. The first-order valence-electron chi connectivity index (χ1n) is 15.0. The zero-order chi connectivity index (χ0) is 32.8. The van der Waals surface area contributed by atoms with Crippen molar-refractivity contribution in [2.24, 2.45) is 0 Å². The number of rotatable bonds is 14. The number of benzene rings is 3. The molecule has 0 aliphatic carbocycles. The third-order valence-electron chi connectivity index (χ3n) is 8.14. The van der Waals surface area contributed by atoms with Gasteiger partial charge in [-0.3, -0.25) is 9.35 Å². The van der Waals surface area contributed by atoms with Crippen LogP contribution in [0.25, 0.3) is 22.2 Å². The summed E-state index contributed by atoms with van der Waals surface area (Å²) in [7, 11) is -4.46. The molecule has 11 nitrogen and oxygen atoms in total. The van der Waals surface area contributed by atoms with Gasteiger partial charge in [0, 0.05) is 12.0 Å². The highest BCUT2D eigenvalue weighted by Crippen LogP contribution is 2.33. The third kappa shape index (κ3) is 7.38. The first kappa shape index (κ1) is 33.0. The largest absolute Gasteiger partial charge is 0.488 e. The highest BCUT2D eigenvalue weighted by atomic mass is 32.2. The number of carboxylic acid groups (broad SMARTS) is 1. The number of carbonyl (C=O) groups excluding carboxylic acids is 1. The Kier molecular flexibility index (Phi) is 10.3. The van der Waals surface area contributed by atoms with Crippen LogP contribution in [-0.2, 0) is 19.7 Å². The van der Waals surface area contributed by atoms with Gasteiger partial charge in [-0.15, -0.1) is 0 Å². The number of aliphatic carboxylic acids is 1. The van der Waals surface area contributed by atoms with Gasteiger partial charge in [0.25, 0.3) is 10.1 Å². The molecular weight excluding hydrogens is 631 g/mol. The molecular formula is C33H35N3O8S2. The Balaban J connectivity index is 1.44. The molecule has 1 saturated heterocycles. The molecule has 3 aromatic carbocycles. The second kappa shape index (κ2) is 14.4. The van der Waals surface area contributed by atoms with Gasteiger partial charge >= 0.3 is 5.97 Å². The van der Waals surface area contributed by atoms with E-state index in [1.54, 1.807) is 65.5 Å². The summed E-state index contributed by atoms with van der Waals surface area (Å²) in [5.74, 6) is -0.378. The number of hydrogen-bond donors (Lipinski definition) is 2. The van der Waals surface area contributed by atoms with Crippen molar-refractivity contribution in [3.05, 3.63) is 73.1 Å². The Morgan fingerprint density at radius 3 is 2.50 bits per heavy atom. The van der Waals surface area contributed by atoms with E-state index in [2.05, 4.69) is 11.9 Å². The van der Waals surface area contributed by atoms with Crippen LogP contribution in [0.15, 0.2) is 78.0 Å². The smallest absolute Gasteiger partial charge is 0.326 e. The molecule has 242 valence electrons. The van der Waals surface area contributed by atoms with Gasteiger partial charge < -0.3 is 24.0 Å². The van der Waals surface area contributed by atoms with Crippen LogP contribution in [0.5, 0.6) is 11.5 Å². The van der Waals surface area contributed by atoms with Crippen molar-refractivity contribution in [1.29, 1.82) is 0 Å². The van der Waals surface area contributed by atoms with E-state index in [0.717, 1.165) is 31.2 Å². The first-order valence-corrected chi connectivity index (χ1v) is 17.0. The number of nitrogens with zero attached hydrogens (tertiary/aromatic N) is 3. The second-order valence-corrected chi connectivity index (χ2v) is 12.8. The standard InChI is InChI=1S/C33H35N3O8S2/c1-2-3-4-5-9-29(32(37)35-19-25(18-30(35)33(38)39)44-24-14-12-23(13-15-24)43-21-45)36-20-34-27-17-22(11-16-28(27)36)26-8-6-7-10-31(26)46(40,41)42/h6-8,10-17,20-21,25,29-30H,2-5,9,18-19H2,1H3,(H,38,39)(H,40,41,42)/t25-,29?,30-/m0/s1. The van der Waals surface area contributed by atoms with Crippen LogP contribution in [0.2, 0.25) is 0 Å². The number of unbranched alkanes of at least 4 members (excludes halogenated alkanes) is 3. The van der Waals surface area contributed by atoms with Crippen LogP contribution in [0.1, 0.15) is 51.5 Å². The number of likely N-dealkylation sites (tertiary alicyclic amines) is 1. The molecule has 1 aliphatic rings. The van der Waals surface area contributed by atoms with Crippen molar-refractivity contribution in [1.82, 2.24) is 14.5 Å². The molecule has 0 spiro atoms. The summed E-state index contributed by atoms with van der Waals surface area (Å²) in [6.07, 6.45) is 5.34. The zero-order valence-corrected chi connectivity index (χ0v) is 26.8. The van der Waals surface area contributed by atoms with Crippen molar-refractivity contribution in [2.45, 2.75) is 68.5 Å². The average Bonchev–Trinajstić information content (AvgIpc) is 3.66. The molecule has 2 N–H and O–H groups in total. The topological polar surface area (TPSA) is 148 Å². The van der Waals surface area contributed by atoms with E-state index in [1.807, 2.05) is 0 Å². The lowest BCUT2D eigenvalue weighted by Gasteiger charge is -2.28. The van der Waals surface area contributed by atoms with Crippen molar-refractivity contribution in [3.8, 4) is 22.6 Å². The molecule has 0 bridgehead atoms. The average molecular weight is 666 g/mol. The van der Waals surface area contributed by atoms with Gasteiger partial charge in [-0.25, -0.2) is 9.78 Å². The molecule has 5 rings (SSSR count). The van der Waals surface area contributed by atoms with E-state index in [4.69, 9.17) is 21.7 Å². The maximum absolute atomic E-state index is 14.3. The quantitative estimate of drug-likeness (QED) is 0.0943. The van der Waals surface area contributed by atoms with Crippen LogP contribution in [0.4, 0.5) is 0 Å². The van der Waals surface area contributed by atoms with Crippen molar-refractivity contribution < 1.29 is 37.1 Å². The van der Waals surface area contributed by atoms with Crippen molar-refractivity contribution >= 4 is 50.8 Å². The van der Waals surface area contributed by atoms with Gasteiger partial charge in [-0.05, 0) is 66.7 Å². The van der Waals surface area contributed by atoms with Gasteiger partial charge in [0.05, 0.1) is 23.9 Å². The van der Waals surface area contributed by atoms with Crippen LogP contribution in [-0.4, -0.2) is 68.6 Å². The van der Waals surface area contributed by atoms with Crippen LogP contribution in [0.3, 0.4) is 0 Å². The van der Waals surface area contributed by atoms with Gasteiger partial charge in [-0.1, -0.05) is 56.9 Å². The number of fused-ring (bicyclic) bond motifs is 1. The Bertz CT molecular complexity index is 1820. The minimum Gasteiger partial charge on any atom is -0.488 e. The second-order valence-electron chi connectivity index (χ2n) is 11.2. The van der Waals surface area contributed by atoms with E-state index < -0.39 is 34.3 Å². The number of aromatic nitrogens is 2. The van der Waals surface area contributed by atoms with Gasteiger partial charge in [0.15, 0.2) is 5.55 Å². The lowest BCUT2D eigenvalue weighted by molar-refractivity contribution is -0.149. The molecule has 3 atom stereocenters. The van der Waals surface area contributed by atoms with Gasteiger partial charge in [0.2, 0.25) is 5.91 Å². The summed E-state index contributed by atoms with van der Waals surface area (Å²) in [6, 6.07) is 16.3. The fourth-order valence-corrected chi connectivity index (χ4v) is 6.75. The Labute approximate surface area is 272 Å². The van der Waals surface area contributed by atoms with E-state index in [9.17, 15) is 27.7 Å². The SMILES string of the molecule is CCCCCCC(C(=O)N1C[C@@H](Oc2ccc(OC=S)cc2)C[C@H]1C(=O)O)n1cnc2cc(-c3ccccc3S(=O)(=O)O)ccc21. The predicted molar refractivity (Wildman–Crippen MR) is 176 cm³/mol. The van der Waals surface area contributed by atoms with Crippen LogP contribution >= 0.6 is 12.2 Å². The molecule has 1 aromatic heterocycles. The monoisotopic (exact) mass is 665 g/mol. The molecule has 0 radical (unpaired) electrons. The van der Waals surface area contributed by atoms with E-state index in [0.29, 0.717) is 40.1 Å². The highest BCUT2D eigenvalue weighted by Gasteiger charge is 2.43. The van der Waals surface area contributed by atoms with Crippen molar-refractivity contribution in [3.63, 3.8) is 0 Å². The molecule has 1 unspecified atom stereocenters. The minimum atomic E-state index is -4.46. The van der Waals surface area contributed by atoms with Gasteiger partial charge in [-0.2, -0.15) is 8.42 Å².